The van der Waals surface area contributed by atoms with Crippen molar-refractivity contribution in [2.24, 2.45) is 0 Å². The van der Waals surface area contributed by atoms with E-state index in [1.165, 1.54) is 137 Å². The van der Waals surface area contributed by atoms with Crippen LogP contribution in [-0.4, -0.2) is 92.0 Å². The number of hydrogen-bond acceptors (Lipinski definition) is 11. The van der Waals surface area contributed by atoms with Crippen molar-refractivity contribution in [2.75, 3.05) is 45.6 Å². The summed E-state index contributed by atoms with van der Waals surface area (Å²) in [5, 5.41) is 6.28. The van der Waals surface area contributed by atoms with E-state index in [9.17, 15) is 8.42 Å². The lowest BCUT2D eigenvalue weighted by molar-refractivity contribution is -0.193. The van der Waals surface area contributed by atoms with Gasteiger partial charge in [0.1, 0.15) is 48.4 Å². The molecule has 12 rings (SSSR count). The highest BCUT2D eigenvalue weighted by Crippen LogP contribution is 2.50. The third-order valence-electron chi connectivity index (χ3n) is 15.8. The van der Waals surface area contributed by atoms with E-state index in [0.29, 0.717) is 38.1 Å². The van der Waals surface area contributed by atoms with Crippen molar-refractivity contribution in [3.63, 3.8) is 0 Å². The molecule has 2 unspecified atom stereocenters. The first kappa shape index (κ1) is 52.6. The van der Waals surface area contributed by atoms with E-state index in [-0.39, 0.29) is 24.5 Å². The molecule has 14 nitrogen and oxygen atoms in total. The number of nitrogens with one attached hydrogen (secondary N) is 1. The van der Waals surface area contributed by atoms with Gasteiger partial charge in [0.05, 0.1) is 37.3 Å². The van der Waals surface area contributed by atoms with E-state index in [0.717, 1.165) is 74.0 Å². The molecule has 0 bridgehead atoms. The number of sulfonamides is 1. The molecule has 4 fully saturated rings. The number of ether oxygens (including phenoxy) is 4. The fourth-order valence-corrected chi connectivity index (χ4v) is 13.4. The smallest absolute Gasteiger partial charge is 0.373 e. The highest BCUT2D eigenvalue weighted by Gasteiger charge is 2.33. The van der Waals surface area contributed by atoms with E-state index in [4.69, 9.17) is 38.1 Å². The molecule has 15 heteroatoms. The summed E-state index contributed by atoms with van der Waals surface area (Å²) in [4.78, 5) is 32.5. The molecule has 2 aliphatic carbocycles. The summed E-state index contributed by atoms with van der Waals surface area (Å²) in [5.74, 6) is 4.72. The number of aromatic nitrogens is 2. The highest BCUT2D eigenvalue weighted by molar-refractivity contribution is 7.88. The van der Waals surface area contributed by atoms with Crippen LogP contribution in [0.1, 0.15) is 124 Å². The Kier molecular flexibility index (Phi) is 17.1. The third kappa shape index (κ3) is 11.7. The van der Waals surface area contributed by atoms with Crippen molar-refractivity contribution in [3.8, 4) is 45.5 Å². The maximum atomic E-state index is 12.0. The second kappa shape index (κ2) is 24.0. The molecule has 4 aliphatic heterocycles. The van der Waals surface area contributed by atoms with Gasteiger partial charge in [-0.05, 0) is 142 Å². The highest BCUT2D eigenvalue weighted by atomic mass is 32.2. The summed E-state index contributed by atoms with van der Waals surface area (Å²) in [6.45, 7) is 10.4. The summed E-state index contributed by atoms with van der Waals surface area (Å²) >= 11 is 0. The molecule has 74 heavy (non-hydrogen) atoms. The van der Waals surface area contributed by atoms with E-state index >= 15 is 0 Å². The topological polar surface area (TPSA) is 164 Å². The number of nitrogens with zero attached hydrogens (tertiary/aromatic N) is 3. The number of aryl methyl sites for hydroxylation is 2. The Morgan fingerprint density at radius 3 is 1.50 bits per heavy atom. The maximum absolute atomic E-state index is 12.0. The van der Waals surface area contributed by atoms with Gasteiger partial charge in [0.15, 0.2) is 0 Å². The lowest BCUT2D eigenvalue weighted by Gasteiger charge is -2.31. The molecule has 2 saturated carbocycles. The van der Waals surface area contributed by atoms with Gasteiger partial charge in [0, 0.05) is 58.2 Å². The fraction of sp³-hybridized carbons (Fsp3) is 0.492. The van der Waals surface area contributed by atoms with Crippen LogP contribution >= 0.6 is 0 Å². The summed E-state index contributed by atoms with van der Waals surface area (Å²) in [7, 11) is -3.21. The first-order valence-electron chi connectivity index (χ1n) is 26.8. The minimum atomic E-state index is -3.21. The van der Waals surface area contributed by atoms with Gasteiger partial charge >= 0.3 is 12.3 Å². The van der Waals surface area contributed by atoms with Crippen molar-refractivity contribution in [1.29, 1.82) is 0 Å². The zero-order valence-corrected chi connectivity index (χ0v) is 43.9. The van der Waals surface area contributed by atoms with Crippen LogP contribution < -0.4 is 24.3 Å². The number of benzene rings is 4. The van der Waals surface area contributed by atoms with E-state index in [1.54, 1.807) is 5.56 Å². The molecule has 392 valence electrons. The van der Waals surface area contributed by atoms with Gasteiger partial charge in [-0.1, -0.05) is 62.8 Å². The van der Waals surface area contributed by atoms with E-state index in [1.807, 2.05) is 12.1 Å². The Bertz CT molecular complexity index is 3100. The lowest BCUT2D eigenvalue weighted by Crippen LogP contribution is -2.43. The predicted octanol–water partition coefficient (Wildman–Crippen LogP) is 10.9. The normalized spacial score (nSPS) is 19.9. The molecule has 6 aromatic rings. The molecule has 6 heterocycles. The Morgan fingerprint density at radius 1 is 0.568 bits per heavy atom. The quantitative estimate of drug-likeness (QED) is 0.162. The van der Waals surface area contributed by atoms with Gasteiger partial charge in [-0.3, -0.25) is 0 Å². The van der Waals surface area contributed by atoms with Crippen LogP contribution in [0, 0.1) is 13.8 Å². The monoisotopic (exact) mass is 1030 g/mol. The van der Waals surface area contributed by atoms with Crippen molar-refractivity contribution in [3.05, 3.63) is 95.1 Å². The number of piperidine rings is 2. The van der Waals surface area contributed by atoms with Gasteiger partial charge < -0.3 is 33.4 Å². The summed E-state index contributed by atoms with van der Waals surface area (Å²) in [5.41, 5.74) is 13.4. The van der Waals surface area contributed by atoms with Crippen LogP contribution in [0.2, 0.25) is 0 Å². The zero-order chi connectivity index (χ0) is 51.8. The largest absolute Gasteiger partial charge is 0.491 e. The second-order valence-corrected chi connectivity index (χ2v) is 22.8. The molecule has 2 atom stereocenters. The first-order valence-corrected chi connectivity index (χ1v) is 28.6. The fourth-order valence-electron chi connectivity index (χ4n) is 12.5. The van der Waals surface area contributed by atoms with Gasteiger partial charge in [0.25, 0.3) is 0 Å². The van der Waals surface area contributed by atoms with Crippen LogP contribution in [-0.2, 0) is 42.3 Å². The molecule has 0 spiro atoms. The Labute approximate surface area is 434 Å². The Hall–Kier alpha value is -6.21. The standard InChI is InChI=1S/C29H36N2O4S.C28H34N2O2.2CO2/c1-20-10-12-24-26(17-20)31-15-16-34-27-18-22(35-23-9-6-14-30(19-23)36(2,32)33)11-13-25(27)29(31)28(24)21-7-4-3-5-8-21;1-19-9-11-23-25(16-19)30-14-15-31-26-17-21(32-22-8-5-13-29-18-22)10-12-24(26)28(30)27(23)20-6-3-2-4-7-20;2*2-1-3/h10-13,17-18,21,23H,3-9,14-16,19H2,1-2H3;9-12,16-17,20,22,29H,2-8,13-15,18H2,1H3;;. The third-order valence-corrected chi connectivity index (χ3v) is 17.0. The van der Waals surface area contributed by atoms with Crippen LogP contribution in [0.4, 0.5) is 0 Å². The van der Waals surface area contributed by atoms with Gasteiger partial charge in [-0.15, -0.1) is 0 Å². The summed E-state index contributed by atoms with van der Waals surface area (Å²) in [6.07, 6.45) is 18.9. The van der Waals surface area contributed by atoms with E-state index in [2.05, 4.69) is 89.0 Å². The van der Waals surface area contributed by atoms with Crippen molar-refractivity contribution in [1.82, 2.24) is 18.8 Å². The molecule has 0 amide bonds. The molecular formula is C59H70N4O10S. The average molecular weight is 1030 g/mol. The number of hydrogen-bond donors (Lipinski definition) is 1. The van der Waals surface area contributed by atoms with Gasteiger partial charge in [-0.25, -0.2) is 8.42 Å². The van der Waals surface area contributed by atoms with E-state index < -0.39 is 10.0 Å². The molecule has 0 radical (unpaired) electrons. The van der Waals surface area contributed by atoms with Crippen LogP contribution in [0.3, 0.4) is 0 Å². The molecule has 4 aromatic carbocycles. The summed E-state index contributed by atoms with van der Waals surface area (Å²) < 4.78 is 55.9. The number of fused-ring (bicyclic) bond motifs is 10. The van der Waals surface area contributed by atoms with Crippen molar-refractivity contribution in [2.45, 2.75) is 141 Å². The van der Waals surface area contributed by atoms with Crippen LogP contribution in [0.25, 0.3) is 44.3 Å². The molecule has 2 aromatic heterocycles. The first-order chi connectivity index (χ1) is 36.0. The molecule has 6 aliphatic rings. The molecular weight excluding hydrogens is 957 g/mol. The van der Waals surface area contributed by atoms with Crippen LogP contribution in [0.15, 0.2) is 72.8 Å². The minimum absolute atomic E-state index is 0.149. The van der Waals surface area contributed by atoms with Gasteiger partial charge in [0.2, 0.25) is 10.0 Å². The van der Waals surface area contributed by atoms with Crippen molar-refractivity contribution < 1.29 is 46.5 Å². The minimum Gasteiger partial charge on any atom is -0.491 e. The second-order valence-electron chi connectivity index (χ2n) is 20.8. The number of rotatable bonds is 7. The van der Waals surface area contributed by atoms with Gasteiger partial charge in [-0.2, -0.15) is 23.5 Å². The lowest BCUT2D eigenvalue weighted by atomic mass is 9.81. The molecule has 1 N–H and O–H groups in total. The molecule has 2 saturated heterocycles. The number of carbonyl (C=O) groups excluding carboxylic acids is 4. The summed E-state index contributed by atoms with van der Waals surface area (Å²) in [6, 6.07) is 26.6. The maximum Gasteiger partial charge on any atom is 0.373 e. The van der Waals surface area contributed by atoms with Crippen molar-refractivity contribution >= 4 is 44.1 Å². The SMILES string of the molecule is Cc1ccc2c(C3CCCCC3)c3n(c2c1)CCOc1cc(OC2CCCN(S(C)(=O)=O)C2)ccc1-3.Cc1ccc2c(C3CCCCC3)c3n(c2c1)CCOc1cc(OC2CCCNC2)ccc1-3.O=C=O.O=C=O. The predicted molar refractivity (Wildman–Crippen MR) is 283 cm³/mol. The zero-order valence-electron chi connectivity index (χ0n) is 43.1. The van der Waals surface area contributed by atoms with Crippen LogP contribution in [0.5, 0.6) is 23.0 Å². The Morgan fingerprint density at radius 2 is 1.04 bits per heavy atom. The average Bonchev–Trinajstić information content (AvgIpc) is 3.71. The Balaban J connectivity index is 0.000000165.